The summed E-state index contributed by atoms with van der Waals surface area (Å²) < 4.78 is 0. The minimum atomic E-state index is -0.346. The largest absolute Gasteiger partial charge is 0.351 e. The first-order valence-corrected chi connectivity index (χ1v) is 8.57. The molecule has 0 spiro atoms. The van der Waals surface area contributed by atoms with Gasteiger partial charge in [-0.05, 0) is 35.1 Å². The van der Waals surface area contributed by atoms with Gasteiger partial charge in [-0.15, -0.1) is 0 Å². The maximum Gasteiger partial charge on any atom is 0.314 e. The smallest absolute Gasteiger partial charge is 0.314 e. The summed E-state index contributed by atoms with van der Waals surface area (Å²) in [6, 6.07) is 17.7. The second-order valence-electron chi connectivity index (χ2n) is 6.86. The van der Waals surface area contributed by atoms with Crippen LogP contribution in [-0.4, -0.2) is 42.0 Å². The van der Waals surface area contributed by atoms with E-state index in [4.69, 9.17) is 5.73 Å². The molecule has 0 unspecified atom stereocenters. The predicted molar refractivity (Wildman–Crippen MR) is 94.8 cm³/mol. The fourth-order valence-corrected chi connectivity index (χ4v) is 4.01. The maximum absolute atomic E-state index is 11.4. The maximum atomic E-state index is 11.4. The Morgan fingerprint density at radius 3 is 2.00 bits per heavy atom. The molecule has 4 heteroatoms. The second kappa shape index (κ2) is 5.95. The van der Waals surface area contributed by atoms with E-state index in [-0.39, 0.29) is 18.1 Å². The molecule has 0 aromatic heterocycles. The molecule has 0 bridgehead atoms. The van der Waals surface area contributed by atoms with Gasteiger partial charge >= 0.3 is 6.03 Å². The number of carbonyl (C=O) groups excluding carboxylic acids is 1. The number of hydrogen-bond donors (Lipinski definition) is 1. The third kappa shape index (κ3) is 2.47. The van der Waals surface area contributed by atoms with Crippen molar-refractivity contribution in [3.63, 3.8) is 0 Å². The molecule has 124 valence electrons. The van der Waals surface area contributed by atoms with E-state index in [9.17, 15) is 4.79 Å². The predicted octanol–water partition coefficient (Wildman–Crippen LogP) is 2.57. The standard InChI is InChI=1S/C20H23N3O/c1-22(20(21)24)16-12-23(13-16)19-17-8-4-2-6-14(17)10-11-15-7-3-5-9-18(15)19/h2-9,16,19H,10-13H2,1H3,(H2,21,24). The van der Waals surface area contributed by atoms with Crippen LogP contribution in [0.4, 0.5) is 4.79 Å². The molecule has 2 aromatic carbocycles. The van der Waals surface area contributed by atoms with Crippen LogP contribution in [0.25, 0.3) is 0 Å². The topological polar surface area (TPSA) is 49.6 Å². The number of urea groups is 1. The Hall–Kier alpha value is -2.33. The Balaban J connectivity index is 1.69. The summed E-state index contributed by atoms with van der Waals surface area (Å²) in [4.78, 5) is 15.5. The van der Waals surface area contributed by atoms with Gasteiger partial charge in [0.05, 0.1) is 12.1 Å². The number of rotatable bonds is 2. The van der Waals surface area contributed by atoms with Crippen molar-refractivity contribution < 1.29 is 4.79 Å². The molecule has 24 heavy (non-hydrogen) atoms. The van der Waals surface area contributed by atoms with Crippen LogP contribution in [0.15, 0.2) is 48.5 Å². The first-order valence-electron chi connectivity index (χ1n) is 8.57. The fraction of sp³-hybridized carbons (Fsp3) is 0.350. The molecule has 2 N–H and O–H groups in total. The van der Waals surface area contributed by atoms with E-state index < -0.39 is 0 Å². The highest BCUT2D eigenvalue weighted by Crippen LogP contribution is 2.39. The lowest BCUT2D eigenvalue weighted by molar-refractivity contribution is 0.0451. The van der Waals surface area contributed by atoms with Crippen molar-refractivity contribution in [2.45, 2.75) is 24.9 Å². The highest BCUT2D eigenvalue weighted by molar-refractivity contribution is 5.72. The van der Waals surface area contributed by atoms with E-state index in [2.05, 4.69) is 53.4 Å². The van der Waals surface area contributed by atoms with Crippen molar-refractivity contribution in [1.29, 1.82) is 0 Å². The van der Waals surface area contributed by atoms with E-state index in [1.165, 1.54) is 22.3 Å². The number of primary amides is 1. The molecule has 2 amide bonds. The van der Waals surface area contributed by atoms with Crippen molar-refractivity contribution in [3.8, 4) is 0 Å². The van der Waals surface area contributed by atoms with Crippen LogP contribution < -0.4 is 5.73 Å². The summed E-state index contributed by atoms with van der Waals surface area (Å²) >= 11 is 0. The molecule has 0 radical (unpaired) electrons. The third-order valence-corrected chi connectivity index (χ3v) is 5.51. The summed E-state index contributed by atoms with van der Waals surface area (Å²) in [7, 11) is 1.79. The molecule has 4 nitrogen and oxygen atoms in total. The molecule has 1 heterocycles. The lowest BCUT2D eigenvalue weighted by atomic mass is 9.90. The average Bonchev–Trinajstić information content (AvgIpc) is 2.71. The molecule has 2 aromatic rings. The van der Waals surface area contributed by atoms with E-state index in [1.54, 1.807) is 11.9 Å². The summed E-state index contributed by atoms with van der Waals surface area (Å²) in [6.45, 7) is 1.74. The zero-order chi connectivity index (χ0) is 16.7. The van der Waals surface area contributed by atoms with Gasteiger partial charge in [0.25, 0.3) is 0 Å². The van der Waals surface area contributed by atoms with Gasteiger partial charge in [0.15, 0.2) is 0 Å². The first-order chi connectivity index (χ1) is 11.6. The molecule has 0 atom stereocenters. The average molecular weight is 321 g/mol. The van der Waals surface area contributed by atoms with Crippen molar-refractivity contribution >= 4 is 6.03 Å². The van der Waals surface area contributed by atoms with Gasteiger partial charge in [-0.2, -0.15) is 0 Å². The minimum absolute atomic E-state index is 0.213. The molecule has 1 saturated heterocycles. The van der Waals surface area contributed by atoms with E-state index >= 15 is 0 Å². The fourth-order valence-electron chi connectivity index (χ4n) is 4.01. The van der Waals surface area contributed by atoms with Crippen molar-refractivity contribution in [2.24, 2.45) is 5.73 Å². The summed E-state index contributed by atoms with van der Waals surface area (Å²) in [5.74, 6) is 0. The molecular formula is C20H23N3O. The number of hydrogen-bond acceptors (Lipinski definition) is 2. The molecule has 4 rings (SSSR count). The number of benzene rings is 2. The zero-order valence-electron chi connectivity index (χ0n) is 14.0. The third-order valence-electron chi connectivity index (χ3n) is 5.51. The molecule has 1 aliphatic carbocycles. The Labute approximate surface area is 142 Å². The Bertz CT molecular complexity index is 719. The van der Waals surface area contributed by atoms with Gasteiger partial charge in [-0.25, -0.2) is 4.79 Å². The number of carbonyl (C=O) groups is 1. The Morgan fingerprint density at radius 2 is 1.50 bits per heavy atom. The monoisotopic (exact) mass is 321 g/mol. The Kier molecular flexibility index (Phi) is 3.77. The van der Waals surface area contributed by atoms with Crippen molar-refractivity contribution in [3.05, 3.63) is 70.8 Å². The summed E-state index contributed by atoms with van der Waals surface area (Å²) in [6.07, 6.45) is 2.17. The number of nitrogens with two attached hydrogens (primary N) is 1. The molecule has 2 aliphatic rings. The van der Waals surface area contributed by atoms with Crippen LogP contribution in [-0.2, 0) is 12.8 Å². The van der Waals surface area contributed by atoms with Crippen molar-refractivity contribution in [2.75, 3.05) is 20.1 Å². The van der Waals surface area contributed by atoms with Crippen LogP contribution >= 0.6 is 0 Å². The van der Waals surface area contributed by atoms with E-state index in [0.29, 0.717) is 0 Å². The number of nitrogens with zero attached hydrogens (tertiary/aromatic N) is 2. The normalized spacial score (nSPS) is 18.2. The molecular weight excluding hydrogens is 298 g/mol. The number of likely N-dealkylation sites (tertiary alicyclic amines) is 1. The van der Waals surface area contributed by atoms with E-state index in [1.807, 2.05) is 0 Å². The number of aryl methyl sites for hydroxylation is 2. The number of amides is 2. The van der Waals surface area contributed by atoms with Gasteiger partial charge in [0.2, 0.25) is 0 Å². The zero-order valence-corrected chi connectivity index (χ0v) is 14.0. The lowest BCUT2D eigenvalue weighted by Crippen LogP contribution is -2.61. The molecule has 0 saturated carbocycles. The first kappa shape index (κ1) is 15.2. The summed E-state index contributed by atoms with van der Waals surface area (Å²) in [5.41, 5.74) is 11.1. The SMILES string of the molecule is CN(C(N)=O)C1CN(C2c3ccccc3CCc3ccccc32)C1. The van der Waals surface area contributed by atoms with Gasteiger partial charge < -0.3 is 10.6 Å². The second-order valence-corrected chi connectivity index (χ2v) is 6.86. The molecule has 1 aliphatic heterocycles. The highest BCUT2D eigenvalue weighted by Gasteiger charge is 2.39. The van der Waals surface area contributed by atoms with Crippen LogP contribution in [0, 0.1) is 0 Å². The van der Waals surface area contributed by atoms with Crippen LogP contribution in [0.1, 0.15) is 28.3 Å². The number of likely N-dealkylation sites (N-methyl/N-ethyl adjacent to an activating group) is 1. The quantitative estimate of drug-likeness (QED) is 0.924. The highest BCUT2D eigenvalue weighted by atomic mass is 16.2. The van der Waals surface area contributed by atoms with Gasteiger partial charge in [0, 0.05) is 20.1 Å². The number of fused-ring (bicyclic) bond motifs is 2. The van der Waals surface area contributed by atoms with Crippen LogP contribution in [0.5, 0.6) is 0 Å². The summed E-state index contributed by atoms with van der Waals surface area (Å²) in [5, 5.41) is 0. The Morgan fingerprint density at radius 1 is 1.00 bits per heavy atom. The van der Waals surface area contributed by atoms with E-state index in [0.717, 1.165) is 25.9 Å². The van der Waals surface area contributed by atoms with Gasteiger partial charge in [0.1, 0.15) is 0 Å². The molecule has 1 fully saturated rings. The lowest BCUT2D eigenvalue weighted by Gasteiger charge is -2.48. The van der Waals surface area contributed by atoms with Crippen LogP contribution in [0.3, 0.4) is 0 Å². The minimum Gasteiger partial charge on any atom is -0.351 e. The van der Waals surface area contributed by atoms with Crippen molar-refractivity contribution in [1.82, 2.24) is 9.80 Å². The van der Waals surface area contributed by atoms with Crippen LogP contribution in [0.2, 0.25) is 0 Å². The van der Waals surface area contributed by atoms with Gasteiger partial charge in [-0.3, -0.25) is 4.90 Å². The van der Waals surface area contributed by atoms with Gasteiger partial charge in [-0.1, -0.05) is 48.5 Å².